The molecule has 2 N–H and O–H groups in total. The minimum absolute atomic E-state index is 0.0817. The number of benzene rings is 2. The average Bonchev–Trinajstić information content (AvgIpc) is 3.08. The Balaban J connectivity index is 1.80. The molecule has 0 saturated carbocycles. The monoisotopic (exact) mass is 371 g/mol. The van der Waals surface area contributed by atoms with Gasteiger partial charge in [0.15, 0.2) is 11.6 Å². The first-order valence-electron chi connectivity index (χ1n) is 8.64. The van der Waals surface area contributed by atoms with Crippen LogP contribution in [0.15, 0.2) is 72.9 Å². The zero-order valence-corrected chi connectivity index (χ0v) is 15.1. The van der Waals surface area contributed by atoms with E-state index in [4.69, 9.17) is 10.5 Å². The summed E-state index contributed by atoms with van der Waals surface area (Å²) in [7, 11) is 1.34. The van der Waals surface area contributed by atoms with Crippen LogP contribution in [0.3, 0.4) is 0 Å². The summed E-state index contributed by atoms with van der Waals surface area (Å²) < 4.78 is 6.52. The number of nitrogens with two attached hydrogens (primary N) is 1. The second kappa shape index (κ2) is 7.00. The van der Waals surface area contributed by atoms with Crippen molar-refractivity contribution in [2.24, 2.45) is 0 Å². The van der Waals surface area contributed by atoms with E-state index >= 15 is 0 Å². The van der Waals surface area contributed by atoms with Crippen molar-refractivity contribution in [3.05, 3.63) is 89.6 Å². The molecule has 0 aliphatic carbocycles. The van der Waals surface area contributed by atoms with Crippen LogP contribution in [0.2, 0.25) is 0 Å². The van der Waals surface area contributed by atoms with Gasteiger partial charge in [-0.2, -0.15) is 0 Å². The lowest BCUT2D eigenvalue weighted by atomic mass is 10.0. The van der Waals surface area contributed by atoms with Crippen LogP contribution in [-0.4, -0.2) is 28.2 Å². The van der Waals surface area contributed by atoms with Gasteiger partial charge in [-0.25, -0.2) is 9.78 Å². The Kier molecular flexibility index (Phi) is 4.37. The number of pyridine rings is 1. The van der Waals surface area contributed by atoms with E-state index in [9.17, 15) is 9.59 Å². The number of fused-ring (bicyclic) bond motifs is 1. The summed E-state index contributed by atoms with van der Waals surface area (Å²) in [5.41, 5.74) is 9.80. The highest BCUT2D eigenvalue weighted by molar-refractivity contribution is 6.09. The zero-order valence-electron chi connectivity index (χ0n) is 15.1. The topological polar surface area (TPSA) is 86.7 Å². The first-order valence-corrected chi connectivity index (χ1v) is 8.64. The number of imidazole rings is 1. The van der Waals surface area contributed by atoms with E-state index < -0.39 is 5.97 Å². The summed E-state index contributed by atoms with van der Waals surface area (Å²) in [5, 5.41) is 0. The molecule has 0 unspecified atom stereocenters. The predicted octanol–water partition coefficient (Wildman–Crippen LogP) is 3.60. The number of nitrogens with zero attached hydrogens (tertiary/aromatic N) is 2. The maximum Gasteiger partial charge on any atom is 0.337 e. The average molecular weight is 371 g/mol. The summed E-state index contributed by atoms with van der Waals surface area (Å²) in [6.07, 6.45) is 1.73. The standard InChI is InChI=1S/C22H17N3O3/c1-28-22(27)16-9-7-14(8-10-16)19-21(23)24-18-12-11-17(13-25(18)19)20(26)15-5-3-2-4-6-15/h2-13H,23H2,1H3. The number of carbonyl (C=O) groups excluding carboxylic acids is 2. The van der Waals surface area contributed by atoms with E-state index in [-0.39, 0.29) is 5.78 Å². The highest BCUT2D eigenvalue weighted by Gasteiger charge is 2.16. The molecule has 0 spiro atoms. The molecule has 0 aliphatic heterocycles. The van der Waals surface area contributed by atoms with Gasteiger partial charge in [0.1, 0.15) is 5.65 Å². The van der Waals surface area contributed by atoms with E-state index in [1.807, 2.05) is 18.2 Å². The molecule has 0 aliphatic rings. The molecule has 6 nitrogen and oxygen atoms in total. The second-order valence-electron chi connectivity index (χ2n) is 6.26. The number of nitrogen functional groups attached to an aromatic ring is 1. The molecule has 2 aromatic heterocycles. The lowest BCUT2D eigenvalue weighted by Crippen LogP contribution is -2.03. The van der Waals surface area contributed by atoms with Crippen LogP contribution >= 0.6 is 0 Å². The number of aromatic nitrogens is 2. The number of hydrogen-bond donors (Lipinski definition) is 1. The van der Waals surface area contributed by atoms with Crippen LogP contribution in [0.4, 0.5) is 5.82 Å². The van der Waals surface area contributed by atoms with Crippen LogP contribution in [0.1, 0.15) is 26.3 Å². The third-order valence-corrected chi connectivity index (χ3v) is 4.52. The van der Waals surface area contributed by atoms with Crippen molar-refractivity contribution < 1.29 is 14.3 Å². The van der Waals surface area contributed by atoms with Crippen LogP contribution in [0.5, 0.6) is 0 Å². The number of ether oxygens (including phenoxy) is 1. The van der Waals surface area contributed by atoms with Gasteiger partial charge in [0.2, 0.25) is 0 Å². The lowest BCUT2D eigenvalue weighted by Gasteiger charge is -2.07. The molecular weight excluding hydrogens is 354 g/mol. The molecule has 6 heteroatoms. The van der Waals surface area contributed by atoms with Gasteiger partial charge in [-0.1, -0.05) is 42.5 Å². The molecule has 28 heavy (non-hydrogen) atoms. The van der Waals surface area contributed by atoms with Gasteiger partial charge in [0, 0.05) is 22.9 Å². The van der Waals surface area contributed by atoms with Crippen molar-refractivity contribution in [1.29, 1.82) is 0 Å². The highest BCUT2D eigenvalue weighted by Crippen LogP contribution is 2.28. The fourth-order valence-corrected chi connectivity index (χ4v) is 3.12. The first-order chi connectivity index (χ1) is 13.6. The summed E-state index contributed by atoms with van der Waals surface area (Å²) in [6.45, 7) is 0. The van der Waals surface area contributed by atoms with Gasteiger partial charge in [-0.15, -0.1) is 0 Å². The Labute approximate surface area is 161 Å². The minimum atomic E-state index is -0.409. The Morgan fingerprint density at radius 1 is 0.893 bits per heavy atom. The summed E-state index contributed by atoms with van der Waals surface area (Å²) in [5.74, 6) is -0.148. The normalized spacial score (nSPS) is 10.8. The van der Waals surface area contributed by atoms with E-state index in [1.54, 1.807) is 59.1 Å². The number of esters is 1. The molecule has 2 aromatic carbocycles. The van der Waals surface area contributed by atoms with E-state index in [0.29, 0.717) is 33.8 Å². The van der Waals surface area contributed by atoms with Crippen molar-refractivity contribution in [1.82, 2.24) is 9.38 Å². The molecule has 0 bridgehead atoms. The van der Waals surface area contributed by atoms with E-state index in [2.05, 4.69) is 4.98 Å². The van der Waals surface area contributed by atoms with Crippen molar-refractivity contribution in [3.63, 3.8) is 0 Å². The van der Waals surface area contributed by atoms with Crippen LogP contribution in [0, 0.1) is 0 Å². The Hall–Kier alpha value is -3.93. The fourth-order valence-electron chi connectivity index (χ4n) is 3.12. The molecule has 0 amide bonds. The zero-order chi connectivity index (χ0) is 19.7. The number of hydrogen-bond acceptors (Lipinski definition) is 5. The molecule has 0 fully saturated rings. The Morgan fingerprint density at radius 2 is 1.57 bits per heavy atom. The summed E-state index contributed by atoms with van der Waals surface area (Å²) >= 11 is 0. The third-order valence-electron chi connectivity index (χ3n) is 4.52. The van der Waals surface area contributed by atoms with Gasteiger partial charge in [0.05, 0.1) is 18.4 Å². The fraction of sp³-hybridized carbons (Fsp3) is 0.0455. The van der Waals surface area contributed by atoms with Crippen LogP contribution < -0.4 is 5.73 Å². The number of carbonyl (C=O) groups is 2. The van der Waals surface area contributed by atoms with Crippen molar-refractivity contribution in [2.45, 2.75) is 0 Å². The van der Waals surface area contributed by atoms with Gasteiger partial charge in [0.25, 0.3) is 0 Å². The largest absolute Gasteiger partial charge is 0.465 e. The molecular formula is C22H17N3O3. The SMILES string of the molecule is COC(=O)c1ccc(-c2c(N)nc3ccc(C(=O)c4ccccc4)cn23)cc1. The van der Waals surface area contributed by atoms with Crippen molar-refractivity contribution in [3.8, 4) is 11.3 Å². The third kappa shape index (κ3) is 3.01. The molecule has 4 aromatic rings. The molecule has 4 rings (SSSR count). The quantitative estimate of drug-likeness (QED) is 0.437. The van der Waals surface area contributed by atoms with Gasteiger partial charge in [-0.3, -0.25) is 9.20 Å². The lowest BCUT2D eigenvalue weighted by molar-refractivity contribution is 0.0600. The molecule has 138 valence electrons. The van der Waals surface area contributed by atoms with Crippen molar-refractivity contribution >= 4 is 23.2 Å². The van der Waals surface area contributed by atoms with Crippen LogP contribution in [0.25, 0.3) is 16.9 Å². The van der Waals surface area contributed by atoms with Crippen LogP contribution in [-0.2, 0) is 4.74 Å². The predicted molar refractivity (Wildman–Crippen MR) is 106 cm³/mol. The van der Waals surface area contributed by atoms with Crippen molar-refractivity contribution in [2.75, 3.05) is 12.8 Å². The van der Waals surface area contributed by atoms with E-state index in [1.165, 1.54) is 7.11 Å². The molecule has 2 heterocycles. The summed E-state index contributed by atoms with van der Waals surface area (Å²) in [6, 6.07) is 19.5. The smallest absolute Gasteiger partial charge is 0.337 e. The second-order valence-corrected chi connectivity index (χ2v) is 6.26. The number of ketones is 1. The van der Waals surface area contributed by atoms with Gasteiger partial charge >= 0.3 is 5.97 Å². The highest BCUT2D eigenvalue weighted by atomic mass is 16.5. The number of anilines is 1. The van der Waals surface area contributed by atoms with Gasteiger partial charge in [-0.05, 0) is 24.3 Å². The summed E-state index contributed by atoms with van der Waals surface area (Å²) in [4.78, 5) is 28.8. The molecule has 0 radical (unpaired) electrons. The molecule has 0 atom stereocenters. The number of methoxy groups -OCH3 is 1. The minimum Gasteiger partial charge on any atom is -0.465 e. The Morgan fingerprint density at radius 3 is 2.25 bits per heavy atom. The Bertz CT molecular complexity index is 1180. The molecule has 0 saturated heterocycles. The first kappa shape index (κ1) is 17.5. The number of rotatable bonds is 4. The maximum absolute atomic E-state index is 12.8. The van der Waals surface area contributed by atoms with E-state index in [0.717, 1.165) is 5.56 Å². The van der Waals surface area contributed by atoms with Gasteiger partial charge < -0.3 is 10.5 Å². The maximum atomic E-state index is 12.8.